The van der Waals surface area contributed by atoms with E-state index in [1.807, 2.05) is 13.0 Å². The van der Waals surface area contributed by atoms with Crippen molar-refractivity contribution in [3.05, 3.63) is 65.9 Å². The molecule has 0 aliphatic carbocycles. The maximum absolute atomic E-state index is 13.3. The molecule has 1 heterocycles. The van der Waals surface area contributed by atoms with Gasteiger partial charge >= 0.3 is 0 Å². The first-order valence-corrected chi connectivity index (χ1v) is 9.63. The number of aromatic nitrogens is 1. The van der Waals surface area contributed by atoms with Crippen molar-refractivity contribution in [1.29, 1.82) is 5.26 Å². The van der Waals surface area contributed by atoms with Gasteiger partial charge in [-0.3, -0.25) is 9.79 Å². The smallest absolute Gasteiger partial charge is 0.268 e. The third-order valence-corrected chi connectivity index (χ3v) is 5.94. The molecule has 7 heteroatoms. The Labute approximate surface area is 157 Å². The topological polar surface area (TPSA) is 92.3 Å². The molecule has 3 aromatic rings. The van der Waals surface area contributed by atoms with Crippen molar-refractivity contribution in [2.75, 3.05) is 7.05 Å². The van der Waals surface area contributed by atoms with Gasteiger partial charge in [0.15, 0.2) is 0 Å². The van der Waals surface area contributed by atoms with Crippen molar-refractivity contribution >= 4 is 32.9 Å². The van der Waals surface area contributed by atoms with Crippen LogP contribution in [0.15, 0.2) is 64.5 Å². The number of benzene rings is 2. The van der Waals surface area contributed by atoms with Crippen LogP contribution in [0.5, 0.6) is 0 Å². The summed E-state index contributed by atoms with van der Waals surface area (Å²) < 4.78 is 27.6. The summed E-state index contributed by atoms with van der Waals surface area (Å²) in [5.74, 6) is -1.78. The second kappa shape index (κ2) is 7.17. The van der Waals surface area contributed by atoms with Crippen LogP contribution < -0.4 is 0 Å². The van der Waals surface area contributed by atoms with Crippen LogP contribution in [-0.4, -0.2) is 31.4 Å². The van der Waals surface area contributed by atoms with Crippen molar-refractivity contribution in [3.63, 3.8) is 0 Å². The molecule has 3 rings (SSSR count). The van der Waals surface area contributed by atoms with Crippen molar-refractivity contribution in [3.8, 4) is 6.07 Å². The highest BCUT2D eigenvalue weighted by atomic mass is 32.2. The van der Waals surface area contributed by atoms with Gasteiger partial charge in [-0.15, -0.1) is 0 Å². The molecule has 0 amide bonds. The summed E-state index contributed by atoms with van der Waals surface area (Å²) in [6.07, 6.45) is 1.21. The van der Waals surface area contributed by atoms with E-state index >= 15 is 0 Å². The van der Waals surface area contributed by atoms with Gasteiger partial charge in [0.05, 0.1) is 16.5 Å². The van der Waals surface area contributed by atoms with Gasteiger partial charge in [-0.25, -0.2) is 12.4 Å². The Morgan fingerprint density at radius 2 is 1.85 bits per heavy atom. The number of carbonyl (C=O) groups is 1. The quantitative estimate of drug-likeness (QED) is 0.503. The second-order valence-electron chi connectivity index (χ2n) is 6.05. The monoisotopic (exact) mass is 379 g/mol. The zero-order valence-corrected chi connectivity index (χ0v) is 15.6. The number of ketones is 1. The number of hydrogen-bond donors (Lipinski definition) is 0. The maximum Gasteiger partial charge on any atom is 0.268 e. The van der Waals surface area contributed by atoms with E-state index in [0.29, 0.717) is 10.9 Å². The summed E-state index contributed by atoms with van der Waals surface area (Å²) >= 11 is 0. The Hall–Kier alpha value is -3.24. The number of Topliss-reactive ketones (excluding diaryl/α,β-unsaturated/α-hetero) is 1. The normalized spacial score (nSPS) is 12.9. The van der Waals surface area contributed by atoms with E-state index in [-0.39, 0.29) is 10.6 Å². The molecule has 6 nitrogen and oxygen atoms in total. The third kappa shape index (κ3) is 3.27. The highest BCUT2D eigenvalue weighted by molar-refractivity contribution is 7.90. The van der Waals surface area contributed by atoms with E-state index in [1.54, 1.807) is 36.4 Å². The Morgan fingerprint density at radius 3 is 2.48 bits per heavy atom. The lowest BCUT2D eigenvalue weighted by molar-refractivity contribution is 0.0971. The largest absolute Gasteiger partial charge is 0.299 e. The first-order valence-electron chi connectivity index (χ1n) is 8.19. The van der Waals surface area contributed by atoms with E-state index in [9.17, 15) is 18.5 Å². The molecule has 0 saturated heterocycles. The predicted molar refractivity (Wildman–Crippen MR) is 104 cm³/mol. The van der Waals surface area contributed by atoms with Crippen molar-refractivity contribution < 1.29 is 13.2 Å². The summed E-state index contributed by atoms with van der Waals surface area (Å²) in [5.41, 5.74) is 1.24. The average Bonchev–Trinajstić information content (AvgIpc) is 3.06. The van der Waals surface area contributed by atoms with Gasteiger partial charge in [-0.2, -0.15) is 5.26 Å². The third-order valence-electron chi connectivity index (χ3n) is 4.20. The zero-order valence-electron chi connectivity index (χ0n) is 14.8. The van der Waals surface area contributed by atoms with E-state index in [4.69, 9.17) is 0 Å². The number of hydrogen-bond acceptors (Lipinski definition) is 5. The van der Waals surface area contributed by atoms with Gasteiger partial charge in [0.1, 0.15) is 11.6 Å². The van der Waals surface area contributed by atoms with E-state index in [0.717, 1.165) is 9.54 Å². The highest BCUT2D eigenvalue weighted by Crippen LogP contribution is 2.27. The molecule has 0 N–H and O–H groups in total. The SMILES string of the molecule is CN=CC(C#N)C(=O)c1cc2ccccc2n1S(=O)(=O)c1ccc(C)cc1. The number of aryl methyl sites for hydroxylation is 1. The average molecular weight is 379 g/mol. The number of rotatable bonds is 5. The fourth-order valence-electron chi connectivity index (χ4n) is 2.84. The molecule has 0 spiro atoms. The number of aliphatic imine (C=N–C) groups is 1. The van der Waals surface area contributed by atoms with Gasteiger partial charge in [-0.1, -0.05) is 35.9 Å². The first kappa shape index (κ1) is 18.5. The molecule has 27 heavy (non-hydrogen) atoms. The molecule has 1 unspecified atom stereocenters. The van der Waals surface area contributed by atoms with Gasteiger partial charge in [-0.05, 0) is 31.2 Å². The number of para-hydroxylation sites is 1. The van der Waals surface area contributed by atoms with Crippen molar-refractivity contribution in [1.82, 2.24) is 3.97 Å². The maximum atomic E-state index is 13.3. The number of nitrogens with zero attached hydrogens (tertiary/aromatic N) is 3. The van der Waals surface area contributed by atoms with Crippen LogP contribution >= 0.6 is 0 Å². The van der Waals surface area contributed by atoms with Crippen molar-refractivity contribution in [2.24, 2.45) is 10.9 Å². The summed E-state index contributed by atoms with van der Waals surface area (Å²) in [4.78, 5) is 16.7. The van der Waals surface area contributed by atoms with Crippen molar-refractivity contribution in [2.45, 2.75) is 11.8 Å². The molecule has 0 radical (unpaired) electrons. The molecule has 0 fully saturated rings. The summed E-state index contributed by atoms with van der Waals surface area (Å²) in [7, 11) is -2.57. The Bertz CT molecular complexity index is 1180. The first-order chi connectivity index (χ1) is 12.9. The fourth-order valence-corrected chi connectivity index (χ4v) is 4.36. The lowest BCUT2D eigenvalue weighted by Gasteiger charge is -2.12. The lowest BCUT2D eigenvalue weighted by atomic mass is 10.0. The number of carbonyl (C=O) groups excluding carboxylic acids is 1. The standard InChI is InChI=1S/C20H17N3O3S/c1-14-7-9-17(10-8-14)27(25,26)23-18-6-4-3-5-15(18)11-19(23)20(24)16(12-21)13-22-2/h3-11,13,16H,1-2H3. The highest BCUT2D eigenvalue weighted by Gasteiger charge is 2.29. The van der Waals surface area contributed by atoms with E-state index < -0.39 is 21.7 Å². The van der Waals surface area contributed by atoms with E-state index in [1.165, 1.54) is 31.5 Å². The van der Waals surface area contributed by atoms with Crippen LogP contribution in [0.25, 0.3) is 10.9 Å². The van der Waals surface area contributed by atoms with Crippen LogP contribution in [0.4, 0.5) is 0 Å². The zero-order chi connectivity index (χ0) is 19.6. The summed E-state index contributed by atoms with van der Waals surface area (Å²) in [6, 6.07) is 16.6. The summed E-state index contributed by atoms with van der Waals surface area (Å²) in [6.45, 7) is 1.86. The summed E-state index contributed by atoms with van der Waals surface area (Å²) in [5, 5.41) is 9.88. The van der Waals surface area contributed by atoms with Crippen LogP contribution in [0.3, 0.4) is 0 Å². The molecular formula is C20H17N3O3S. The molecular weight excluding hydrogens is 362 g/mol. The fraction of sp³-hybridized carbons (Fsp3) is 0.150. The second-order valence-corrected chi connectivity index (χ2v) is 7.84. The number of nitriles is 1. The van der Waals surface area contributed by atoms with Gasteiger partial charge in [0.25, 0.3) is 10.0 Å². The van der Waals surface area contributed by atoms with Gasteiger partial charge in [0, 0.05) is 18.6 Å². The lowest BCUT2D eigenvalue weighted by Crippen LogP contribution is -2.23. The van der Waals surface area contributed by atoms with Crippen LogP contribution in [0.1, 0.15) is 16.1 Å². The minimum atomic E-state index is -4.03. The molecule has 1 aromatic heterocycles. The predicted octanol–water partition coefficient (Wildman–Crippen LogP) is 3.21. The van der Waals surface area contributed by atoms with Crippen LogP contribution in [0, 0.1) is 24.2 Å². The van der Waals surface area contributed by atoms with Gasteiger partial charge < -0.3 is 0 Å². The molecule has 0 aliphatic heterocycles. The van der Waals surface area contributed by atoms with Crippen LogP contribution in [0.2, 0.25) is 0 Å². The minimum absolute atomic E-state index is 0.0665. The Kier molecular flexibility index (Phi) is 4.93. The molecule has 1 atom stereocenters. The molecule has 136 valence electrons. The molecule has 2 aromatic carbocycles. The Balaban J connectivity index is 2.30. The number of fused-ring (bicyclic) bond motifs is 1. The Morgan fingerprint density at radius 1 is 1.19 bits per heavy atom. The minimum Gasteiger partial charge on any atom is -0.299 e. The van der Waals surface area contributed by atoms with E-state index in [2.05, 4.69) is 4.99 Å². The van der Waals surface area contributed by atoms with Gasteiger partial charge in [0.2, 0.25) is 5.78 Å². The molecule has 0 bridgehead atoms. The van der Waals surface area contributed by atoms with Crippen LogP contribution in [-0.2, 0) is 10.0 Å². The molecule has 0 aliphatic rings. The molecule has 0 saturated carbocycles.